The minimum absolute atomic E-state index is 0.549. The van der Waals surface area contributed by atoms with E-state index in [9.17, 15) is 0 Å². The molecule has 2 heterocycles. The zero-order valence-corrected chi connectivity index (χ0v) is 15.3. The molecular weight excluding hydrogens is 340 g/mol. The van der Waals surface area contributed by atoms with E-state index in [1.54, 1.807) is 12.4 Å². The van der Waals surface area contributed by atoms with E-state index in [0.29, 0.717) is 19.1 Å². The van der Waals surface area contributed by atoms with E-state index >= 15 is 0 Å². The predicted molar refractivity (Wildman–Crippen MR) is 107 cm³/mol. The maximum Gasteiger partial charge on any atom is 0.234 e. The average molecular weight is 364 g/mol. The molecule has 0 unspecified atom stereocenters. The van der Waals surface area contributed by atoms with E-state index in [0.717, 1.165) is 44.2 Å². The van der Waals surface area contributed by atoms with Crippen molar-refractivity contribution < 1.29 is 9.47 Å². The number of hydrogen-bond donors (Lipinski definition) is 1. The number of ether oxygens (including phenoxy) is 2. The number of nitrogens with one attached hydrogen (secondary N) is 1. The first-order valence-corrected chi connectivity index (χ1v) is 9.41. The second-order valence-electron chi connectivity index (χ2n) is 6.51. The van der Waals surface area contributed by atoms with Gasteiger partial charge in [0.1, 0.15) is 5.75 Å². The maximum absolute atomic E-state index is 5.84. The Labute approximate surface area is 159 Å². The SMILES string of the molecule is c1ccc2cc(OCCCOc3cncc(N4CCNCC4)n3)ccc2c1. The maximum atomic E-state index is 5.84. The molecule has 1 aromatic heterocycles. The average Bonchev–Trinajstić information content (AvgIpc) is 2.74. The van der Waals surface area contributed by atoms with Crippen molar-refractivity contribution in [1.82, 2.24) is 15.3 Å². The van der Waals surface area contributed by atoms with Crippen LogP contribution in [0, 0.1) is 0 Å². The monoisotopic (exact) mass is 364 g/mol. The molecule has 1 saturated heterocycles. The summed E-state index contributed by atoms with van der Waals surface area (Å²) in [6, 6.07) is 14.4. The van der Waals surface area contributed by atoms with Gasteiger partial charge in [0.25, 0.3) is 0 Å². The third-order valence-electron chi connectivity index (χ3n) is 4.57. The summed E-state index contributed by atoms with van der Waals surface area (Å²) in [5, 5.41) is 5.74. The predicted octanol–water partition coefficient (Wildman–Crippen LogP) is 2.89. The second-order valence-corrected chi connectivity index (χ2v) is 6.51. The summed E-state index contributed by atoms with van der Waals surface area (Å²) in [7, 11) is 0. The molecule has 1 N–H and O–H groups in total. The van der Waals surface area contributed by atoms with Crippen LogP contribution in [-0.4, -0.2) is 49.4 Å². The van der Waals surface area contributed by atoms with Crippen LogP contribution in [0.25, 0.3) is 10.8 Å². The van der Waals surface area contributed by atoms with Crippen molar-refractivity contribution in [2.45, 2.75) is 6.42 Å². The number of benzene rings is 2. The fraction of sp³-hybridized carbons (Fsp3) is 0.333. The standard InChI is InChI=1S/C21H24N4O2/c1-2-5-18-14-19(7-6-17(18)4-1)26-12-3-13-27-21-16-23-15-20(24-21)25-10-8-22-9-11-25/h1-2,4-7,14-16,22H,3,8-13H2. The summed E-state index contributed by atoms with van der Waals surface area (Å²) >= 11 is 0. The van der Waals surface area contributed by atoms with Crippen LogP contribution < -0.4 is 19.7 Å². The molecule has 4 rings (SSSR count). The minimum atomic E-state index is 0.549. The summed E-state index contributed by atoms with van der Waals surface area (Å²) in [5.41, 5.74) is 0. The quantitative estimate of drug-likeness (QED) is 0.651. The molecule has 0 radical (unpaired) electrons. The Bertz CT molecular complexity index is 881. The van der Waals surface area contributed by atoms with Crippen molar-refractivity contribution in [1.29, 1.82) is 0 Å². The van der Waals surface area contributed by atoms with Gasteiger partial charge in [0.2, 0.25) is 5.88 Å². The molecule has 1 aliphatic rings. The second kappa shape index (κ2) is 8.68. The highest BCUT2D eigenvalue weighted by molar-refractivity contribution is 5.83. The topological polar surface area (TPSA) is 59.5 Å². The Balaban J connectivity index is 1.23. The molecule has 0 saturated carbocycles. The highest BCUT2D eigenvalue weighted by atomic mass is 16.5. The van der Waals surface area contributed by atoms with Crippen LogP contribution in [-0.2, 0) is 0 Å². The van der Waals surface area contributed by atoms with Crippen LogP contribution >= 0.6 is 0 Å². The highest BCUT2D eigenvalue weighted by Gasteiger charge is 2.12. The lowest BCUT2D eigenvalue weighted by Gasteiger charge is -2.28. The van der Waals surface area contributed by atoms with Crippen molar-refractivity contribution >= 4 is 16.6 Å². The van der Waals surface area contributed by atoms with Gasteiger partial charge in [-0.15, -0.1) is 0 Å². The highest BCUT2D eigenvalue weighted by Crippen LogP contribution is 2.20. The van der Waals surface area contributed by atoms with Crippen LogP contribution in [0.15, 0.2) is 54.9 Å². The number of hydrogen-bond acceptors (Lipinski definition) is 6. The third kappa shape index (κ3) is 4.65. The molecule has 6 heteroatoms. The van der Waals surface area contributed by atoms with Crippen LogP contribution in [0.3, 0.4) is 0 Å². The summed E-state index contributed by atoms with van der Waals surface area (Å²) in [6.07, 6.45) is 4.24. The van der Waals surface area contributed by atoms with Crippen molar-refractivity contribution in [3.05, 3.63) is 54.9 Å². The van der Waals surface area contributed by atoms with E-state index in [1.807, 2.05) is 18.2 Å². The molecule has 3 aromatic rings. The normalized spacial score (nSPS) is 14.3. The molecule has 2 aromatic carbocycles. The number of piperazine rings is 1. The van der Waals surface area contributed by atoms with E-state index in [4.69, 9.17) is 9.47 Å². The van der Waals surface area contributed by atoms with E-state index in [1.165, 1.54) is 10.8 Å². The fourth-order valence-corrected chi connectivity index (χ4v) is 3.14. The Kier molecular flexibility index (Phi) is 5.64. The molecule has 0 spiro atoms. The molecule has 0 atom stereocenters. The van der Waals surface area contributed by atoms with Gasteiger partial charge < -0.3 is 19.7 Å². The number of anilines is 1. The van der Waals surface area contributed by atoms with E-state index in [2.05, 4.69) is 44.5 Å². The van der Waals surface area contributed by atoms with Crippen LogP contribution in [0.4, 0.5) is 5.82 Å². The van der Waals surface area contributed by atoms with Gasteiger partial charge in [-0.25, -0.2) is 0 Å². The van der Waals surface area contributed by atoms with Gasteiger partial charge in [0.15, 0.2) is 5.82 Å². The van der Waals surface area contributed by atoms with Crippen molar-refractivity contribution in [3.8, 4) is 11.6 Å². The number of fused-ring (bicyclic) bond motifs is 1. The first-order valence-electron chi connectivity index (χ1n) is 9.41. The zero-order valence-electron chi connectivity index (χ0n) is 15.3. The summed E-state index contributed by atoms with van der Waals surface area (Å²) in [4.78, 5) is 11.0. The molecule has 0 aliphatic carbocycles. The number of nitrogens with zero attached hydrogens (tertiary/aromatic N) is 3. The Morgan fingerprint density at radius 1 is 0.926 bits per heavy atom. The van der Waals surface area contributed by atoms with Gasteiger partial charge in [-0.1, -0.05) is 30.3 Å². The smallest absolute Gasteiger partial charge is 0.234 e. The zero-order chi connectivity index (χ0) is 18.3. The van der Waals surface area contributed by atoms with Gasteiger partial charge in [0.05, 0.1) is 25.6 Å². The third-order valence-corrected chi connectivity index (χ3v) is 4.57. The molecule has 140 valence electrons. The Hall–Kier alpha value is -2.86. The largest absolute Gasteiger partial charge is 0.493 e. The number of rotatable bonds is 7. The van der Waals surface area contributed by atoms with Crippen molar-refractivity contribution in [2.24, 2.45) is 0 Å². The van der Waals surface area contributed by atoms with E-state index in [-0.39, 0.29) is 0 Å². The first kappa shape index (κ1) is 17.5. The molecule has 6 nitrogen and oxygen atoms in total. The van der Waals surface area contributed by atoms with Gasteiger partial charge in [-0.05, 0) is 22.9 Å². The van der Waals surface area contributed by atoms with E-state index < -0.39 is 0 Å². The molecule has 0 bridgehead atoms. The molecule has 1 fully saturated rings. The molecular formula is C21H24N4O2. The van der Waals surface area contributed by atoms with Crippen molar-refractivity contribution in [3.63, 3.8) is 0 Å². The van der Waals surface area contributed by atoms with Gasteiger partial charge >= 0.3 is 0 Å². The molecule has 1 aliphatic heterocycles. The molecule has 0 amide bonds. The summed E-state index contributed by atoms with van der Waals surface area (Å²) in [6.45, 7) is 4.98. The Morgan fingerprint density at radius 2 is 1.74 bits per heavy atom. The van der Waals surface area contributed by atoms with Gasteiger partial charge in [0, 0.05) is 32.6 Å². The van der Waals surface area contributed by atoms with Crippen LogP contribution in [0.5, 0.6) is 11.6 Å². The summed E-state index contributed by atoms with van der Waals surface area (Å²) < 4.78 is 11.6. The van der Waals surface area contributed by atoms with Crippen molar-refractivity contribution in [2.75, 3.05) is 44.3 Å². The minimum Gasteiger partial charge on any atom is -0.493 e. The van der Waals surface area contributed by atoms with Crippen LogP contribution in [0.2, 0.25) is 0 Å². The molecule has 27 heavy (non-hydrogen) atoms. The lowest BCUT2D eigenvalue weighted by Crippen LogP contribution is -2.43. The lowest BCUT2D eigenvalue weighted by atomic mass is 10.1. The summed E-state index contributed by atoms with van der Waals surface area (Å²) in [5.74, 6) is 2.33. The first-order chi connectivity index (χ1) is 13.4. The van der Waals surface area contributed by atoms with Gasteiger partial charge in [-0.2, -0.15) is 4.98 Å². The lowest BCUT2D eigenvalue weighted by molar-refractivity contribution is 0.242. The fourth-order valence-electron chi connectivity index (χ4n) is 3.14. The van der Waals surface area contributed by atoms with Gasteiger partial charge in [-0.3, -0.25) is 4.98 Å². The van der Waals surface area contributed by atoms with Crippen LogP contribution in [0.1, 0.15) is 6.42 Å². The number of aromatic nitrogens is 2. The Morgan fingerprint density at radius 3 is 2.63 bits per heavy atom.